The van der Waals surface area contributed by atoms with Crippen LogP contribution in [-0.2, 0) is 14.3 Å². The van der Waals surface area contributed by atoms with Crippen LogP contribution in [-0.4, -0.2) is 19.6 Å². The van der Waals surface area contributed by atoms with E-state index in [4.69, 9.17) is 10.5 Å². The third-order valence-electron chi connectivity index (χ3n) is 2.85. The molecule has 0 spiro atoms. The summed E-state index contributed by atoms with van der Waals surface area (Å²) in [6.07, 6.45) is 7.46. The number of nitrogens with one attached hydrogen (secondary N) is 1. The molecule has 0 saturated carbocycles. The molecule has 2 heterocycles. The van der Waals surface area contributed by atoms with Crippen LogP contribution in [0.15, 0.2) is 12.3 Å². The summed E-state index contributed by atoms with van der Waals surface area (Å²) in [5.74, 6) is -0.245. The van der Waals surface area contributed by atoms with Gasteiger partial charge < -0.3 is 20.5 Å². The van der Waals surface area contributed by atoms with Crippen molar-refractivity contribution in [1.29, 1.82) is 0 Å². The Kier molecular flexibility index (Phi) is 3.75. The largest absolute Gasteiger partial charge is 0.472 e. The van der Waals surface area contributed by atoms with E-state index in [1.807, 2.05) is 12.1 Å². The van der Waals surface area contributed by atoms with Gasteiger partial charge in [-0.1, -0.05) is 6.08 Å². The van der Waals surface area contributed by atoms with E-state index in [0.717, 1.165) is 33.9 Å². The molecule has 2 aliphatic rings. The van der Waals surface area contributed by atoms with E-state index in [0.29, 0.717) is 0 Å². The van der Waals surface area contributed by atoms with Gasteiger partial charge in [-0.25, -0.2) is 0 Å². The maximum atomic E-state index is 9.59. The average molecular weight is 260 g/mol. The van der Waals surface area contributed by atoms with Gasteiger partial charge >= 0.3 is 5.97 Å². The Balaban J connectivity index is 0.000000232. The van der Waals surface area contributed by atoms with Gasteiger partial charge in [-0.3, -0.25) is 4.79 Å². The summed E-state index contributed by atoms with van der Waals surface area (Å²) in [7, 11) is 1.35. The molecule has 0 unspecified atom stereocenters. The summed E-state index contributed by atoms with van der Waals surface area (Å²) in [5, 5.41) is 5.46. The van der Waals surface area contributed by atoms with Gasteiger partial charge in [0.15, 0.2) is 0 Å². The molecule has 3 N–H and O–H groups in total. The highest BCUT2D eigenvalue weighted by Gasteiger charge is 2.11. The predicted octanol–water partition coefficient (Wildman–Crippen LogP) is 0.393. The van der Waals surface area contributed by atoms with Crippen LogP contribution in [0.3, 0.4) is 0 Å². The first-order valence-electron chi connectivity index (χ1n) is 5.87. The Hall–Kier alpha value is -2.43. The molecule has 0 radical (unpaired) electrons. The second-order valence-corrected chi connectivity index (χ2v) is 4.09. The molecule has 19 heavy (non-hydrogen) atoms. The van der Waals surface area contributed by atoms with Crippen LogP contribution in [0.4, 0.5) is 11.4 Å². The van der Waals surface area contributed by atoms with Crippen LogP contribution >= 0.6 is 0 Å². The first kappa shape index (κ1) is 13.0. The van der Waals surface area contributed by atoms with Crippen molar-refractivity contribution < 1.29 is 14.3 Å². The summed E-state index contributed by atoms with van der Waals surface area (Å²) in [5.41, 5.74) is 9.01. The van der Waals surface area contributed by atoms with Crippen LogP contribution < -0.4 is 21.5 Å². The Morgan fingerprint density at radius 2 is 2.26 bits per heavy atom. The normalized spacial score (nSPS) is 13.4. The number of fused-ring (bicyclic) bond motifs is 3. The molecule has 0 bridgehead atoms. The summed E-state index contributed by atoms with van der Waals surface area (Å²) in [6, 6.07) is 1.95. The molecule has 0 amide bonds. The number of carbonyl (C=O) groups is 1. The molecular weight excluding hydrogens is 244 g/mol. The molecule has 0 atom stereocenters. The van der Waals surface area contributed by atoms with Gasteiger partial charge in [0.25, 0.3) is 0 Å². The molecule has 0 aromatic heterocycles. The Labute approximate surface area is 111 Å². The SMILES string of the molecule is COC(C)=O.Nc1cc2c(c3c1=CCN3)C=COC=2. The summed E-state index contributed by atoms with van der Waals surface area (Å²) >= 11 is 0. The van der Waals surface area contributed by atoms with Crippen molar-refractivity contribution in [3.05, 3.63) is 28.3 Å². The van der Waals surface area contributed by atoms with Crippen molar-refractivity contribution in [3.8, 4) is 0 Å². The Morgan fingerprint density at radius 3 is 2.95 bits per heavy atom. The smallest absolute Gasteiger partial charge is 0.302 e. The van der Waals surface area contributed by atoms with Gasteiger partial charge in [-0.05, 0) is 12.1 Å². The monoisotopic (exact) mass is 260 g/mol. The molecule has 100 valence electrons. The average Bonchev–Trinajstić information content (AvgIpc) is 2.90. The number of nitrogen functional groups attached to an aromatic ring is 1. The first-order chi connectivity index (χ1) is 9.13. The number of hydrogen-bond donors (Lipinski definition) is 2. The number of anilines is 2. The fourth-order valence-electron chi connectivity index (χ4n) is 1.92. The molecule has 0 fully saturated rings. The number of hydrogen-bond acceptors (Lipinski definition) is 5. The second-order valence-electron chi connectivity index (χ2n) is 4.09. The molecule has 2 aliphatic heterocycles. The quantitative estimate of drug-likeness (QED) is 0.521. The molecule has 0 saturated heterocycles. The Morgan fingerprint density at radius 1 is 1.53 bits per heavy atom. The third-order valence-corrected chi connectivity index (χ3v) is 2.85. The summed E-state index contributed by atoms with van der Waals surface area (Å²) in [4.78, 5) is 9.59. The van der Waals surface area contributed by atoms with E-state index in [1.165, 1.54) is 14.0 Å². The molecule has 1 aromatic carbocycles. The van der Waals surface area contributed by atoms with Crippen LogP contribution in [0.1, 0.15) is 12.5 Å². The molecule has 0 aliphatic carbocycles. The number of nitrogens with two attached hydrogens (primary N) is 1. The molecule has 3 rings (SSSR count). The van der Waals surface area contributed by atoms with Gasteiger partial charge in [-0.2, -0.15) is 0 Å². The van der Waals surface area contributed by atoms with Gasteiger partial charge in [-0.15, -0.1) is 0 Å². The van der Waals surface area contributed by atoms with E-state index in [-0.39, 0.29) is 5.97 Å². The minimum Gasteiger partial charge on any atom is -0.472 e. The zero-order valence-corrected chi connectivity index (χ0v) is 10.9. The van der Waals surface area contributed by atoms with Crippen molar-refractivity contribution in [1.82, 2.24) is 0 Å². The van der Waals surface area contributed by atoms with Crippen LogP contribution in [0.25, 0.3) is 18.4 Å². The van der Waals surface area contributed by atoms with Crippen molar-refractivity contribution in [2.75, 3.05) is 24.7 Å². The maximum Gasteiger partial charge on any atom is 0.302 e. The number of methoxy groups -OCH3 is 1. The van der Waals surface area contributed by atoms with E-state index in [2.05, 4.69) is 16.1 Å². The van der Waals surface area contributed by atoms with E-state index < -0.39 is 0 Å². The zero-order chi connectivity index (χ0) is 13.8. The lowest BCUT2D eigenvalue weighted by Gasteiger charge is -2.09. The highest BCUT2D eigenvalue weighted by molar-refractivity contribution is 5.77. The minimum atomic E-state index is -0.245. The Bertz CT molecular complexity index is 648. The number of esters is 1. The van der Waals surface area contributed by atoms with Crippen molar-refractivity contribution in [2.45, 2.75) is 6.92 Å². The highest BCUT2D eigenvalue weighted by Crippen LogP contribution is 2.15. The fraction of sp³-hybridized carbons (Fsp3) is 0.214. The number of rotatable bonds is 0. The summed E-state index contributed by atoms with van der Waals surface area (Å²) < 4.78 is 9.22. The van der Waals surface area contributed by atoms with Crippen LogP contribution in [0.5, 0.6) is 0 Å². The van der Waals surface area contributed by atoms with E-state index in [1.54, 1.807) is 12.5 Å². The van der Waals surface area contributed by atoms with Crippen molar-refractivity contribution >= 4 is 35.8 Å². The molecule has 5 heteroatoms. The minimum absolute atomic E-state index is 0.245. The molecule has 5 nitrogen and oxygen atoms in total. The predicted molar refractivity (Wildman–Crippen MR) is 75.3 cm³/mol. The van der Waals surface area contributed by atoms with Gasteiger partial charge in [0, 0.05) is 35.2 Å². The summed E-state index contributed by atoms with van der Waals surface area (Å²) in [6.45, 7) is 2.21. The maximum absolute atomic E-state index is 9.59. The van der Waals surface area contributed by atoms with Crippen molar-refractivity contribution in [2.24, 2.45) is 0 Å². The molecular formula is C14H16N2O3. The first-order valence-corrected chi connectivity index (χ1v) is 5.87. The van der Waals surface area contributed by atoms with Gasteiger partial charge in [0.1, 0.15) is 0 Å². The van der Waals surface area contributed by atoms with Crippen LogP contribution in [0.2, 0.25) is 0 Å². The third kappa shape index (κ3) is 2.70. The molecule has 1 aromatic rings. The zero-order valence-electron chi connectivity index (χ0n) is 10.9. The second kappa shape index (κ2) is 5.48. The number of carbonyl (C=O) groups excluding carboxylic acids is 1. The topological polar surface area (TPSA) is 73.6 Å². The number of ether oxygens (including phenoxy) is 2. The lowest BCUT2D eigenvalue weighted by Crippen LogP contribution is -2.20. The fourth-order valence-corrected chi connectivity index (χ4v) is 1.92. The highest BCUT2D eigenvalue weighted by atomic mass is 16.5. The van der Waals surface area contributed by atoms with Crippen LogP contribution in [0, 0.1) is 0 Å². The lowest BCUT2D eigenvalue weighted by atomic mass is 10.1. The van der Waals surface area contributed by atoms with E-state index >= 15 is 0 Å². The van der Waals surface area contributed by atoms with Gasteiger partial charge in [0.05, 0.1) is 25.3 Å². The van der Waals surface area contributed by atoms with Gasteiger partial charge in [0.2, 0.25) is 0 Å². The van der Waals surface area contributed by atoms with Crippen molar-refractivity contribution in [3.63, 3.8) is 0 Å². The number of benzene rings is 1. The lowest BCUT2D eigenvalue weighted by molar-refractivity contribution is -0.137. The standard InChI is InChI=1S/C11H10N2O.C3H6O2/c12-10-5-7-6-14-4-2-8(7)11-9(10)1-3-13-11;1-3(4)5-2/h1-2,4-6,13H,3,12H2;1-2H3. The van der Waals surface area contributed by atoms with E-state index in [9.17, 15) is 4.79 Å².